The molecule has 0 aliphatic rings. The van der Waals surface area contributed by atoms with E-state index >= 15 is 0 Å². The lowest BCUT2D eigenvalue weighted by Crippen LogP contribution is -2.12. The molecule has 1 aromatic heterocycles. The van der Waals surface area contributed by atoms with Crippen LogP contribution in [0.3, 0.4) is 0 Å². The van der Waals surface area contributed by atoms with Gasteiger partial charge in [0.15, 0.2) is 0 Å². The maximum absolute atomic E-state index is 11.5. The molecule has 8 heteroatoms. The fraction of sp³-hybridized carbons (Fsp3) is 0.583. The zero-order chi connectivity index (χ0) is 15.0. The number of rotatable bonds is 9. The SMILES string of the molecule is CCCCOCCOC(=O)Cc1ccc(S(=O)(=O)Cl)s1. The summed E-state index contributed by atoms with van der Waals surface area (Å²) in [4.78, 5) is 12.1. The van der Waals surface area contributed by atoms with Crippen LogP contribution >= 0.6 is 22.0 Å². The Morgan fingerprint density at radius 2 is 2.05 bits per heavy atom. The van der Waals surface area contributed by atoms with E-state index in [1.165, 1.54) is 6.07 Å². The topological polar surface area (TPSA) is 69.7 Å². The van der Waals surface area contributed by atoms with E-state index in [0.29, 0.717) is 18.1 Å². The van der Waals surface area contributed by atoms with Gasteiger partial charge in [0.25, 0.3) is 9.05 Å². The van der Waals surface area contributed by atoms with Gasteiger partial charge < -0.3 is 9.47 Å². The quantitative estimate of drug-likeness (QED) is 0.392. The second-order valence-electron chi connectivity index (χ2n) is 4.02. The standard InChI is InChI=1S/C12H17ClO5S2/c1-2-3-6-17-7-8-18-11(14)9-10-4-5-12(19-10)20(13,15)16/h4-5H,2-3,6-9H2,1H3. The summed E-state index contributed by atoms with van der Waals surface area (Å²) < 4.78 is 32.4. The van der Waals surface area contributed by atoms with Crippen molar-refractivity contribution < 1.29 is 22.7 Å². The fourth-order valence-electron chi connectivity index (χ4n) is 1.34. The molecule has 0 aromatic carbocycles. The van der Waals surface area contributed by atoms with Gasteiger partial charge in [-0.15, -0.1) is 11.3 Å². The summed E-state index contributed by atoms with van der Waals surface area (Å²) in [6.07, 6.45) is 2.08. The lowest BCUT2D eigenvalue weighted by atomic mass is 10.3. The van der Waals surface area contributed by atoms with E-state index in [1.54, 1.807) is 6.07 Å². The average Bonchev–Trinajstić information content (AvgIpc) is 2.82. The maximum atomic E-state index is 11.5. The molecule has 0 spiro atoms. The minimum Gasteiger partial charge on any atom is -0.463 e. The average molecular weight is 341 g/mol. The minimum atomic E-state index is -3.73. The first-order valence-corrected chi connectivity index (χ1v) is 9.33. The van der Waals surface area contributed by atoms with Crippen molar-refractivity contribution >= 4 is 37.0 Å². The summed E-state index contributed by atoms with van der Waals surface area (Å²) in [6.45, 7) is 3.31. The van der Waals surface area contributed by atoms with Crippen LogP contribution < -0.4 is 0 Å². The van der Waals surface area contributed by atoms with Gasteiger partial charge in [0.05, 0.1) is 13.0 Å². The number of halogens is 1. The largest absolute Gasteiger partial charge is 0.463 e. The third kappa shape index (κ3) is 6.69. The maximum Gasteiger partial charge on any atom is 0.311 e. The molecule has 1 rings (SSSR count). The number of thiophene rings is 1. The monoisotopic (exact) mass is 340 g/mol. The van der Waals surface area contributed by atoms with E-state index < -0.39 is 15.0 Å². The van der Waals surface area contributed by atoms with Crippen molar-refractivity contribution in [1.29, 1.82) is 0 Å². The van der Waals surface area contributed by atoms with Crippen molar-refractivity contribution in [2.75, 3.05) is 19.8 Å². The van der Waals surface area contributed by atoms with Crippen LogP contribution in [0, 0.1) is 0 Å². The Morgan fingerprint density at radius 1 is 1.30 bits per heavy atom. The molecule has 1 aromatic rings. The molecule has 0 fully saturated rings. The third-order valence-corrected chi connectivity index (χ3v) is 5.51. The molecule has 5 nitrogen and oxygen atoms in total. The van der Waals surface area contributed by atoms with E-state index in [1.807, 2.05) is 0 Å². The third-order valence-electron chi connectivity index (χ3n) is 2.33. The van der Waals surface area contributed by atoms with Crippen LogP contribution in [0.15, 0.2) is 16.3 Å². The molecule has 0 unspecified atom stereocenters. The van der Waals surface area contributed by atoms with Crippen LogP contribution in [0.4, 0.5) is 0 Å². The van der Waals surface area contributed by atoms with Gasteiger partial charge in [0, 0.05) is 22.2 Å². The molecule has 114 valence electrons. The zero-order valence-corrected chi connectivity index (χ0v) is 13.5. The summed E-state index contributed by atoms with van der Waals surface area (Å²) in [5.41, 5.74) is 0. The van der Waals surface area contributed by atoms with Gasteiger partial charge in [-0.3, -0.25) is 4.79 Å². The summed E-state index contributed by atoms with van der Waals surface area (Å²) >= 11 is 0.966. The first kappa shape index (κ1) is 17.4. The molecule has 0 N–H and O–H groups in total. The fourth-order valence-corrected chi connectivity index (χ4v) is 3.45. The van der Waals surface area contributed by atoms with E-state index in [-0.39, 0.29) is 17.2 Å². The van der Waals surface area contributed by atoms with E-state index in [0.717, 1.165) is 24.2 Å². The number of hydrogen-bond acceptors (Lipinski definition) is 6. The lowest BCUT2D eigenvalue weighted by molar-refractivity contribution is -0.144. The van der Waals surface area contributed by atoms with Crippen molar-refractivity contribution in [3.63, 3.8) is 0 Å². The number of esters is 1. The molecule has 0 saturated heterocycles. The van der Waals surface area contributed by atoms with Gasteiger partial charge in [0.2, 0.25) is 0 Å². The summed E-state index contributed by atoms with van der Waals surface area (Å²) in [5.74, 6) is -0.413. The molecule has 0 amide bonds. The highest BCUT2D eigenvalue weighted by Crippen LogP contribution is 2.25. The summed E-state index contributed by atoms with van der Waals surface area (Å²) in [7, 11) is 1.47. The van der Waals surface area contributed by atoms with Crippen molar-refractivity contribution in [2.24, 2.45) is 0 Å². The van der Waals surface area contributed by atoms with E-state index in [2.05, 4.69) is 6.92 Å². The smallest absolute Gasteiger partial charge is 0.311 e. The highest BCUT2D eigenvalue weighted by atomic mass is 35.7. The summed E-state index contributed by atoms with van der Waals surface area (Å²) in [6, 6.07) is 2.93. The van der Waals surface area contributed by atoms with Gasteiger partial charge in [-0.2, -0.15) is 0 Å². The molecule has 0 aliphatic heterocycles. The second-order valence-corrected chi connectivity index (χ2v) is 7.98. The number of carbonyl (C=O) groups is 1. The van der Waals surface area contributed by atoms with Gasteiger partial charge in [-0.1, -0.05) is 13.3 Å². The molecular weight excluding hydrogens is 324 g/mol. The van der Waals surface area contributed by atoms with Crippen LogP contribution in [0.2, 0.25) is 0 Å². The molecule has 0 bridgehead atoms. The predicted octanol–water partition coefficient (Wildman–Crippen LogP) is 2.58. The van der Waals surface area contributed by atoms with Crippen molar-refractivity contribution in [3.05, 3.63) is 17.0 Å². The van der Waals surface area contributed by atoms with Crippen molar-refractivity contribution in [3.8, 4) is 0 Å². The van der Waals surface area contributed by atoms with Crippen LogP contribution in [0.1, 0.15) is 24.6 Å². The Kier molecular flexibility index (Phi) is 7.50. The van der Waals surface area contributed by atoms with Crippen molar-refractivity contribution in [2.45, 2.75) is 30.4 Å². The molecule has 1 heterocycles. The molecule has 0 radical (unpaired) electrons. The van der Waals surface area contributed by atoms with Gasteiger partial charge >= 0.3 is 5.97 Å². The van der Waals surface area contributed by atoms with Gasteiger partial charge in [0.1, 0.15) is 10.8 Å². The van der Waals surface area contributed by atoms with Crippen LogP contribution in [-0.2, 0) is 29.7 Å². The van der Waals surface area contributed by atoms with Gasteiger partial charge in [-0.25, -0.2) is 8.42 Å². The molecule has 0 atom stereocenters. The highest BCUT2D eigenvalue weighted by molar-refractivity contribution is 8.15. The van der Waals surface area contributed by atoms with Crippen LogP contribution in [0.25, 0.3) is 0 Å². The van der Waals surface area contributed by atoms with E-state index in [9.17, 15) is 13.2 Å². The minimum absolute atomic E-state index is 0.0323. The summed E-state index contributed by atoms with van der Waals surface area (Å²) in [5, 5.41) is 0. The molecule has 20 heavy (non-hydrogen) atoms. The first-order valence-electron chi connectivity index (χ1n) is 6.20. The highest BCUT2D eigenvalue weighted by Gasteiger charge is 2.15. The number of hydrogen-bond donors (Lipinski definition) is 0. The van der Waals surface area contributed by atoms with Crippen molar-refractivity contribution in [1.82, 2.24) is 0 Å². The Hall–Kier alpha value is -0.630. The number of ether oxygens (including phenoxy) is 2. The number of unbranched alkanes of at least 4 members (excludes halogenated alkanes) is 1. The number of carbonyl (C=O) groups excluding carboxylic acids is 1. The Morgan fingerprint density at radius 3 is 2.65 bits per heavy atom. The molecular formula is C12H17ClO5S2. The predicted molar refractivity (Wildman–Crippen MR) is 77.7 cm³/mol. The van der Waals surface area contributed by atoms with E-state index in [4.69, 9.17) is 20.2 Å². The molecule has 0 aliphatic carbocycles. The first-order chi connectivity index (χ1) is 9.43. The van der Waals surface area contributed by atoms with Crippen LogP contribution in [-0.4, -0.2) is 34.2 Å². The Balaban J connectivity index is 2.27. The zero-order valence-electron chi connectivity index (χ0n) is 11.1. The second kappa shape index (κ2) is 8.61. The van der Waals surface area contributed by atoms with Gasteiger partial charge in [-0.05, 0) is 18.6 Å². The normalized spacial score (nSPS) is 11.5. The molecule has 0 saturated carbocycles. The Bertz CT molecular complexity index is 524. The lowest BCUT2D eigenvalue weighted by Gasteiger charge is -2.04. The Labute approximate surface area is 127 Å². The van der Waals surface area contributed by atoms with Crippen LogP contribution in [0.5, 0.6) is 0 Å².